The van der Waals surface area contributed by atoms with Gasteiger partial charge < -0.3 is 0 Å². The van der Waals surface area contributed by atoms with E-state index in [0.717, 1.165) is 25.3 Å². The minimum absolute atomic E-state index is 0.00974. The molecule has 2 aromatic heterocycles. The van der Waals surface area contributed by atoms with E-state index in [4.69, 9.17) is 4.98 Å². The smallest absolute Gasteiger partial charge is 0.264 e. The van der Waals surface area contributed by atoms with E-state index >= 15 is 0 Å². The Balaban J connectivity index is 1.61. The SMILES string of the molecule is Cn1ncc2c(=O)n3c(nc21)C(Cc1ccccc1)N(Cc1ccccc1)CC3. The summed E-state index contributed by atoms with van der Waals surface area (Å²) in [5.41, 5.74) is 3.17. The second-order valence-electron chi connectivity index (χ2n) is 7.59. The number of aryl methyl sites for hydroxylation is 1. The van der Waals surface area contributed by atoms with Crippen LogP contribution in [0.25, 0.3) is 11.0 Å². The van der Waals surface area contributed by atoms with E-state index in [9.17, 15) is 4.79 Å². The molecular formula is C23H23N5O. The van der Waals surface area contributed by atoms with E-state index in [2.05, 4.69) is 58.5 Å². The molecule has 1 aliphatic rings. The minimum atomic E-state index is 0.00974. The number of rotatable bonds is 4. The molecule has 0 amide bonds. The highest BCUT2D eigenvalue weighted by atomic mass is 16.1. The fourth-order valence-corrected chi connectivity index (χ4v) is 4.22. The molecule has 5 rings (SSSR count). The molecule has 1 unspecified atom stereocenters. The lowest BCUT2D eigenvalue weighted by Crippen LogP contribution is -2.44. The van der Waals surface area contributed by atoms with Crippen LogP contribution in [0, 0.1) is 0 Å². The van der Waals surface area contributed by atoms with Crippen LogP contribution in [0.1, 0.15) is 23.0 Å². The molecule has 29 heavy (non-hydrogen) atoms. The maximum Gasteiger partial charge on any atom is 0.264 e. The minimum Gasteiger partial charge on any atom is -0.293 e. The molecule has 4 aromatic rings. The molecule has 0 radical (unpaired) electrons. The van der Waals surface area contributed by atoms with E-state index < -0.39 is 0 Å². The van der Waals surface area contributed by atoms with Crippen molar-refractivity contribution in [2.75, 3.05) is 6.54 Å². The third-order valence-electron chi connectivity index (χ3n) is 5.73. The Morgan fingerprint density at radius 2 is 1.66 bits per heavy atom. The molecule has 0 saturated carbocycles. The van der Waals surface area contributed by atoms with Crippen molar-refractivity contribution < 1.29 is 0 Å². The summed E-state index contributed by atoms with van der Waals surface area (Å²) >= 11 is 0. The van der Waals surface area contributed by atoms with Gasteiger partial charge in [0.2, 0.25) is 0 Å². The van der Waals surface area contributed by atoms with E-state index in [1.807, 2.05) is 23.7 Å². The number of hydrogen-bond acceptors (Lipinski definition) is 4. The predicted octanol–water partition coefficient (Wildman–Crippen LogP) is 2.93. The standard InChI is InChI=1S/C23H23N5O/c1-26-21-19(15-24-26)23(29)28-13-12-27(16-18-10-6-3-7-11-18)20(22(28)25-21)14-17-8-4-2-5-9-17/h2-11,15,20H,12-14,16H2,1H3. The van der Waals surface area contributed by atoms with Crippen molar-refractivity contribution in [2.24, 2.45) is 7.05 Å². The van der Waals surface area contributed by atoms with Crippen LogP contribution in [0.3, 0.4) is 0 Å². The van der Waals surface area contributed by atoms with Gasteiger partial charge in [-0.05, 0) is 17.5 Å². The summed E-state index contributed by atoms with van der Waals surface area (Å²) in [5, 5.41) is 4.84. The van der Waals surface area contributed by atoms with Crippen molar-refractivity contribution in [1.82, 2.24) is 24.2 Å². The van der Waals surface area contributed by atoms with Gasteiger partial charge in [0.25, 0.3) is 5.56 Å². The molecule has 146 valence electrons. The van der Waals surface area contributed by atoms with Gasteiger partial charge in [0.15, 0.2) is 5.65 Å². The van der Waals surface area contributed by atoms with Gasteiger partial charge in [0.1, 0.15) is 11.2 Å². The van der Waals surface area contributed by atoms with Crippen LogP contribution in [0.2, 0.25) is 0 Å². The summed E-state index contributed by atoms with van der Waals surface area (Å²) < 4.78 is 3.53. The predicted molar refractivity (Wildman–Crippen MR) is 113 cm³/mol. The Bertz CT molecular complexity index is 1200. The first-order chi connectivity index (χ1) is 14.2. The molecule has 0 N–H and O–H groups in total. The molecule has 0 fully saturated rings. The molecule has 2 aromatic carbocycles. The van der Waals surface area contributed by atoms with Gasteiger partial charge in [0, 0.05) is 26.7 Å². The van der Waals surface area contributed by atoms with Crippen molar-refractivity contribution in [3.05, 3.63) is 94.2 Å². The summed E-state index contributed by atoms with van der Waals surface area (Å²) in [7, 11) is 1.84. The van der Waals surface area contributed by atoms with Crippen LogP contribution in [0.4, 0.5) is 0 Å². The maximum absolute atomic E-state index is 13.1. The lowest BCUT2D eigenvalue weighted by molar-refractivity contribution is 0.139. The number of fused-ring (bicyclic) bond motifs is 2. The van der Waals surface area contributed by atoms with E-state index in [0.29, 0.717) is 17.6 Å². The van der Waals surface area contributed by atoms with Gasteiger partial charge in [-0.25, -0.2) is 4.98 Å². The van der Waals surface area contributed by atoms with Crippen molar-refractivity contribution >= 4 is 11.0 Å². The molecule has 1 atom stereocenters. The largest absolute Gasteiger partial charge is 0.293 e. The van der Waals surface area contributed by atoms with Gasteiger partial charge >= 0.3 is 0 Å². The zero-order valence-corrected chi connectivity index (χ0v) is 16.4. The third-order valence-corrected chi connectivity index (χ3v) is 5.73. The summed E-state index contributed by atoms with van der Waals surface area (Å²) in [4.78, 5) is 20.5. The van der Waals surface area contributed by atoms with Crippen LogP contribution < -0.4 is 5.56 Å². The van der Waals surface area contributed by atoms with Gasteiger partial charge in [-0.3, -0.25) is 18.9 Å². The first kappa shape index (κ1) is 17.8. The fraction of sp³-hybridized carbons (Fsp3) is 0.261. The van der Waals surface area contributed by atoms with Crippen LogP contribution in [0.15, 0.2) is 71.7 Å². The number of benzene rings is 2. The molecule has 6 nitrogen and oxygen atoms in total. The Kier molecular flexibility index (Phi) is 4.48. The highest BCUT2D eigenvalue weighted by Gasteiger charge is 2.31. The average Bonchev–Trinajstić information content (AvgIpc) is 3.13. The summed E-state index contributed by atoms with van der Waals surface area (Å²) in [6.07, 6.45) is 2.43. The van der Waals surface area contributed by atoms with Crippen LogP contribution in [0.5, 0.6) is 0 Å². The van der Waals surface area contributed by atoms with Crippen LogP contribution >= 0.6 is 0 Å². The lowest BCUT2D eigenvalue weighted by Gasteiger charge is -2.37. The molecule has 1 aliphatic heterocycles. The Hall–Kier alpha value is -3.25. The van der Waals surface area contributed by atoms with Crippen molar-refractivity contribution in [2.45, 2.75) is 25.6 Å². The topological polar surface area (TPSA) is 56.0 Å². The molecule has 0 bridgehead atoms. The Morgan fingerprint density at radius 3 is 2.38 bits per heavy atom. The highest BCUT2D eigenvalue weighted by molar-refractivity contribution is 5.73. The average molecular weight is 385 g/mol. The Morgan fingerprint density at radius 1 is 0.966 bits per heavy atom. The second-order valence-corrected chi connectivity index (χ2v) is 7.59. The quantitative estimate of drug-likeness (QED) is 0.542. The second kappa shape index (κ2) is 7.29. The number of nitrogens with zero attached hydrogens (tertiary/aromatic N) is 5. The summed E-state index contributed by atoms with van der Waals surface area (Å²) in [6, 6.07) is 20.9. The zero-order chi connectivity index (χ0) is 19.8. The van der Waals surface area contributed by atoms with Gasteiger partial charge in [0.05, 0.1) is 12.2 Å². The Labute approximate surface area is 169 Å². The molecule has 0 aliphatic carbocycles. The molecule has 6 heteroatoms. The van der Waals surface area contributed by atoms with E-state index in [-0.39, 0.29) is 11.6 Å². The van der Waals surface area contributed by atoms with Crippen LogP contribution in [-0.4, -0.2) is 30.8 Å². The van der Waals surface area contributed by atoms with Crippen molar-refractivity contribution in [3.63, 3.8) is 0 Å². The molecule has 0 saturated heterocycles. The highest BCUT2D eigenvalue weighted by Crippen LogP contribution is 2.29. The lowest BCUT2D eigenvalue weighted by atomic mass is 10.0. The van der Waals surface area contributed by atoms with Gasteiger partial charge in [-0.2, -0.15) is 5.10 Å². The first-order valence-electron chi connectivity index (χ1n) is 9.95. The normalized spacial score (nSPS) is 16.8. The monoisotopic (exact) mass is 385 g/mol. The van der Waals surface area contributed by atoms with E-state index in [1.54, 1.807) is 10.9 Å². The van der Waals surface area contributed by atoms with Gasteiger partial charge in [-0.1, -0.05) is 60.7 Å². The van der Waals surface area contributed by atoms with Crippen LogP contribution in [-0.2, 0) is 26.6 Å². The van der Waals surface area contributed by atoms with Gasteiger partial charge in [-0.15, -0.1) is 0 Å². The first-order valence-corrected chi connectivity index (χ1v) is 9.95. The van der Waals surface area contributed by atoms with Crippen molar-refractivity contribution in [3.8, 4) is 0 Å². The molecular weight excluding hydrogens is 362 g/mol. The molecule has 3 heterocycles. The maximum atomic E-state index is 13.1. The fourth-order valence-electron chi connectivity index (χ4n) is 4.22. The molecule has 0 spiro atoms. The zero-order valence-electron chi connectivity index (χ0n) is 16.4. The third kappa shape index (κ3) is 3.25. The summed E-state index contributed by atoms with van der Waals surface area (Å²) in [6.45, 7) is 2.29. The van der Waals surface area contributed by atoms with Crippen molar-refractivity contribution in [1.29, 1.82) is 0 Å². The number of aromatic nitrogens is 4. The summed E-state index contributed by atoms with van der Waals surface area (Å²) in [5.74, 6) is 0.831. The number of hydrogen-bond donors (Lipinski definition) is 0. The van der Waals surface area contributed by atoms with E-state index in [1.165, 1.54) is 11.1 Å².